The molecular formula is C17H24BrClO3. The van der Waals surface area contributed by atoms with E-state index in [9.17, 15) is 4.79 Å². The molecule has 7 atom stereocenters. The van der Waals surface area contributed by atoms with Gasteiger partial charge in [-0.2, -0.15) is 0 Å². The fourth-order valence-electron chi connectivity index (χ4n) is 4.64. The minimum absolute atomic E-state index is 0.122. The number of esters is 1. The lowest BCUT2D eigenvalue weighted by molar-refractivity contribution is -0.160. The van der Waals surface area contributed by atoms with Crippen molar-refractivity contribution in [2.45, 2.75) is 74.5 Å². The van der Waals surface area contributed by atoms with Crippen LogP contribution < -0.4 is 0 Å². The maximum Gasteiger partial charge on any atom is 0.302 e. The van der Waals surface area contributed by atoms with E-state index in [0.717, 1.165) is 18.4 Å². The topological polar surface area (TPSA) is 38.8 Å². The van der Waals surface area contributed by atoms with Crippen LogP contribution in [0.25, 0.3) is 0 Å². The fraction of sp³-hybridized carbons (Fsp3) is 0.824. The quantitative estimate of drug-likeness (QED) is 0.291. The first kappa shape index (κ1) is 16.8. The number of carbonyl (C=O) groups excluding carboxylic acids is 1. The van der Waals surface area contributed by atoms with Crippen LogP contribution in [0.5, 0.6) is 0 Å². The van der Waals surface area contributed by atoms with Crippen molar-refractivity contribution in [1.29, 1.82) is 0 Å². The van der Waals surface area contributed by atoms with Crippen molar-refractivity contribution in [1.82, 2.24) is 0 Å². The van der Waals surface area contributed by atoms with Gasteiger partial charge in [-0.05, 0) is 32.6 Å². The lowest BCUT2D eigenvalue weighted by atomic mass is 9.52. The zero-order chi connectivity index (χ0) is 16.5. The highest BCUT2D eigenvalue weighted by molar-refractivity contribution is 9.09. The summed E-state index contributed by atoms with van der Waals surface area (Å²) in [4.78, 5) is 11.4. The standard InChI is InChI=1S/C17H24BrClO3/c1-9-6-13-16(5,22-13)17(10(9)2)7-12(18)15(4,19)8-14(17)21-11(3)20/h9,12-14H,2,6-8H2,1,3-5H3/t9-,12-,13+,14+,15-,16+,17+/m0/s1. The fourth-order valence-corrected chi connectivity index (χ4v) is 5.56. The Kier molecular flexibility index (Phi) is 3.79. The Labute approximate surface area is 145 Å². The van der Waals surface area contributed by atoms with Crippen molar-refractivity contribution < 1.29 is 14.3 Å². The highest BCUT2D eigenvalue weighted by atomic mass is 79.9. The summed E-state index contributed by atoms with van der Waals surface area (Å²) in [6.45, 7) is 12.2. The number of alkyl halides is 2. The molecule has 0 bridgehead atoms. The molecule has 3 rings (SSSR count). The van der Waals surface area contributed by atoms with Gasteiger partial charge in [-0.3, -0.25) is 4.79 Å². The summed E-state index contributed by atoms with van der Waals surface area (Å²) in [5, 5.41) is 0. The smallest absolute Gasteiger partial charge is 0.302 e. The van der Waals surface area contributed by atoms with Crippen LogP contribution in [0.2, 0.25) is 0 Å². The minimum Gasteiger partial charge on any atom is -0.461 e. The van der Waals surface area contributed by atoms with Crippen LogP contribution in [0.4, 0.5) is 0 Å². The molecule has 0 radical (unpaired) electrons. The monoisotopic (exact) mass is 390 g/mol. The molecule has 1 heterocycles. The van der Waals surface area contributed by atoms with Gasteiger partial charge in [0, 0.05) is 18.2 Å². The SMILES string of the molecule is C=C1[C@@H](C)C[C@H]2O[C@@]2(C)[C@]12C[C@H](Br)[C@@](C)(Cl)C[C@H]2OC(C)=O. The number of ether oxygens (including phenoxy) is 2. The molecule has 0 amide bonds. The van der Waals surface area contributed by atoms with E-state index >= 15 is 0 Å². The summed E-state index contributed by atoms with van der Waals surface area (Å²) in [6, 6.07) is 0. The van der Waals surface area contributed by atoms with Crippen LogP contribution in [0.3, 0.4) is 0 Å². The number of fused-ring (bicyclic) bond motifs is 2. The summed E-state index contributed by atoms with van der Waals surface area (Å²) >= 11 is 10.4. The Hall–Kier alpha value is -0.0600. The first-order valence-corrected chi connectivity index (χ1v) is 9.21. The van der Waals surface area contributed by atoms with Crippen LogP contribution in [0.15, 0.2) is 12.2 Å². The molecule has 1 spiro atoms. The largest absolute Gasteiger partial charge is 0.461 e. The van der Waals surface area contributed by atoms with Crippen LogP contribution in [0.1, 0.15) is 47.0 Å². The molecule has 0 unspecified atom stereocenters. The van der Waals surface area contributed by atoms with Crippen molar-refractivity contribution in [3.63, 3.8) is 0 Å². The highest BCUT2D eigenvalue weighted by Gasteiger charge is 2.75. The highest BCUT2D eigenvalue weighted by Crippen LogP contribution is 2.68. The average molecular weight is 392 g/mol. The average Bonchev–Trinajstić information content (AvgIpc) is 3.03. The lowest BCUT2D eigenvalue weighted by Crippen LogP contribution is -2.61. The van der Waals surface area contributed by atoms with E-state index in [-0.39, 0.29) is 34.0 Å². The molecule has 2 saturated carbocycles. The maximum atomic E-state index is 11.7. The molecule has 22 heavy (non-hydrogen) atoms. The summed E-state index contributed by atoms with van der Waals surface area (Å²) in [5.74, 6) is 0.0923. The van der Waals surface area contributed by atoms with Gasteiger partial charge in [0.1, 0.15) is 11.7 Å². The van der Waals surface area contributed by atoms with E-state index in [1.165, 1.54) is 6.92 Å². The molecule has 124 valence electrons. The van der Waals surface area contributed by atoms with Gasteiger partial charge in [0.05, 0.1) is 16.4 Å². The Morgan fingerprint density at radius 2 is 2.09 bits per heavy atom. The number of carbonyl (C=O) groups is 1. The van der Waals surface area contributed by atoms with Gasteiger partial charge in [0.25, 0.3) is 0 Å². The Bertz CT molecular complexity index is 534. The number of rotatable bonds is 1. The van der Waals surface area contributed by atoms with E-state index in [1.54, 1.807) is 0 Å². The first-order chi connectivity index (χ1) is 10.0. The van der Waals surface area contributed by atoms with Crippen LogP contribution in [0, 0.1) is 11.3 Å². The zero-order valence-electron chi connectivity index (χ0n) is 13.6. The minimum atomic E-state index is -0.451. The number of epoxide rings is 1. The van der Waals surface area contributed by atoms with Gasteiger partial charge in [-0.25, -0.2) is 0 Å². The predicted octanol–water partition coefficient (Wildman–Crippen LogP) is 4.21. The van der Waals surface area contributed by atoms with Crippen molar-refractivity contribution in [3.8, 4) is 0 Å². The molecule has 1 aliphatic heterocycles. The Morgan fingerprint density at radius 1 is 1.45 bits per heavy atom. The normalized spacial score (nSPS) is 54.0. The lowest BCUT2D eigenvalue weighted by Gasteiger charge is -2.55. The molecular weight excluding hydrogens is 368 g/mol. The van der Waals surface area contributed by atoms with E-state index in [4.69, 9.17) is 21.1 Å². The van der Waals surface area contributed by atoms with E-state index in [1.807, 2.05) is 6.92 Å². The van der Waals surface area contributed by atoms with Crippen LogP contribution >= 0.6 is 27.5 Å². The second-order valence-corrected chi connectivity index (χ2v) is 9.57. The number of hydrogen-bond donors (Lipinski definition) is 0. The number of halogens is 2. The second-order valence-electron chi connectivity index (χ2n) is 7.60. The molecule has 2 aliphatic carbocycles. The molecule has 0 N–H and O–H groups in total. The molecule has 0 aromatic heterocycles. The maximum absolute atomic E-state index is 11.7. The molecule has 1 saturated heterocycles. The van der Waals surface area contributed by atoms with Crippen LogP contribution in [-0.4, -0.2) is 33.5 Å². The summed E-state index contributed by atoms with van der Waals surface area (Å²) < 4.78 is 11.9. The van der Waals surface area contributed by atoms with Crippen molar-refractivity contribution in [3.05, 3.63) is 12.2 Å². The third-order valence-corrected chi connectivity index (χ3v) is 8.18. The molecule has 3 nitrogen and oxygen atoms in total. The van der Waals surface area contributed by atoms with Crippen molar-refractivity contribution in [2.75, 3.05) is 0 Å². The van der Waals surface area contributed by atoms with Gasteiger partial charge in [0.2, 0.25) is 0 Å². The Balaban J connectivity index is 2.07. The van der Waals surface area contributed by atoms with Gasteiger partial charge in [0.15, 0.2) is 0 Å². The summed E-state index contributed by atoms with van der Waals surface area (Å²) in [6.07, 6.45) is 2.31. The third-order valence-electron chi connectivity index (χ3n) is 6.16. The van der Waals surface area contributed by atoms with Gasteiger partial charge in [-0.15, -0.1) is 11.6 Å². The number of hydrogen-bond acceptors (Lipinski definition) is 3. The third kappa shape index (κ3) is 2.13. The van der Waals surface area contributed by atoms with Crippen LogP contribution in [-0.2, 0) is 14.3 Å². The predicted molar refractivity (Wildman–Crippen MR) is 90.4 cm³/mol. The van der Waals surface area contributed by atoms with Gasteiger partial charge < -0.3 is 9.47 Å². The second kappa shape index (κ2) is 4.97. The Morgan fingerprint density at radius 3 is 2.68 bits per heavy atom. The molecule has 0 aromatic rings. The van der Waals surface area contributed by atoms with Crippen molar-refractivity contribution in [2.24, 2.45) is 11.3 Å². The molecule has 3 fully saturated rings. The van der Waals surface area contributed by atoms with E-state index < -0.39 is 4.87 Å². The van der Waals surface area contributed by atoms with Crippen molar-refractivity contribution >= 4 is 33.5 Å². The van der Waals surface area contributed by atoms with E-state index in [0.29, 0.717) is 12.3 Å². The molecule has 0 aromatic carbocycles. The van der Waals surface area contributed by atoms with Gasteiger partial charge >= 0.3 is 5.97 Å². The van der Waals surface area contributed by atoms with E-state index in [2.05, 4.69) is 36.4 Å². The first-order valence-electron chi connectivity index (χ1n) is 7.92. The van der Waals surface area contributed by atoms with Gasteiger partial charge in [-0.1, -0.05) is 35.0 Å². The molecule has 3 aliphatic rings. The zero-order valence-corrected chi connectivity index (χ0v) is 16.0. The summed E-state index contributed by atoms with van der Waals surface area (Å²) in [7, 11) is 0. The molecule has 5 heteroatoms. The summed E-state index contributed by atoms with van der Waals surface area (Å²) in [5.41, 5.74) is 0.492.